The number of nitrogens with one attached hydrogen (secondary N) is 1. The van der Waals surface area contributed by atoms with Crippen molar-refractivity contribution in [3.63, 3.8) is 0 Å². The Morgan fingerprint density at radius 2 is 2.30 bits per heavy atom. The van der Waals surface area contributed by atoms with Gasteiger partial charge in [0.2, 0.25) is 0 Å². The summed E-state index contributed by atoms with van der Waals surface area (Å²) in [6.07, 6.45) is 3.68. The SMILES string of the molecule is O=c1cc(-c2ccccc2OCC2CCCO2)nc[nH]1. The lowest BCUT2D eigenvalue weighted by Gasteiger charge is -2.14. The molecule has 1 unspecified atom stereocenters. The largest absolute Gasteiger partial charge is 0.490 e. The summed E-state index contributed by atoms with van der Waals surface area (Å²) in [6.45, 7) is 1.34. The van der Waals surface area contributed by atoms with Gasteiger partial charge in [-0.15, -0.1) is 0 Å². The van der Waals surface area contributed by atoms with Gasteiger partial charge in [0.05, 0.1) is 18.1 Å². The van der Waals surface area contributed by atoms with Crippen LogP contribution in [-0.4, -0.2) is 29.3 Å². The van der Waals surface area contributed by atoms with Gasteiger partial charge in [0, 0.05) is 18.2 Å². The molecule has 1 atom stereocenters. The first kappa shape index (κ1) is 12.9. The third kappa shape index (κ3) is 2.88. The van der Waals surface area contributed by atoms with Crippen molar-refractivity contribution in [2.24, 2.45) is 0 Å². The number of rotatable bonds is 4. The first-order valence-electron chi connectivity index (χ1n) is 6.71. The monoisotopic (exact) mass is 272 g/mol. The minimum Gasteiger partial charge on any atom is -0.490 e. The van der Waals surface area contributed by atoms with Crippen molar-refractivity contribution in [3.05, 3.63) is 47.0 Å². The second kappa shape index (κ2) is 5.88. The first-order valence-corrected chi connectivity index (χ1v) is 6.71. The highest BCUT2D eigenvalue weighted by Crippen LogP contribution is 2.28. The molecule has 0 aliphatic carbocycles. The zero-order valence-corrected chi connectivity index (χ0v) is 11.0. The Morgan fingerprint density at radius 3 is 3.10 bits per heavy atom. The van der Waals surface area contributed by atoms with Crippen LogP contribution in [0.3, 0.4) is 0 Å². The third-order valence-electron chi connectivity index (χ3n) is 3.29. The van der Waals surface area contributed by atoms with E-state index in [0.29, 0.717) is 12.3 Å². The van der Waals surface area contributed by atoms with Crippen LogP contribution in [-0.2, 0) is 4.74 Å². The van der Waals surface area contributed by atoms with E-state index < -0.39 is 0 Å². The van der Waals surface area contributed by atoms with E-state index in [2.05, 4.69) is 9.97 Å². The summed E-state index contributed by atoms with van der Waals surface area (Å²) in [7, 11) is 0. The molecule has 104 valence electrons. The zero-order valence-electron chi connectivity index (χ0n) is 11.0. The van der Waals surface area contributed by atoms with Gasteiger partial charge in [-0.2, -0.15) is 0 Å². The van der Waals surface area contributed by atoms with E-state index in [9.17, 15) is 4.79 Å². The quantitative estimate of drug-likeness (QED) is 0.924. The van der Waals surface area contributed by atoms with Crippen LogP contribution in [0.15, 0.2) is 41.5 Å². The maximum absolute atomic E-state index is 11.4. The van der Waals surface area contributed by atoms with Crippen LogP contribution >= 0.6 is 0 Å². The van der Waals surface area contributed by atoms with Crippen molar-refractivity contribution < 1.29 is 9.47 Å². The fourth-order valence-electron chi connectivity index (χ4n) is 2.28. The van der Waals surface area contributed by atoms with Gasteiger partial charge in [0.25, 0.3) is 5.56 Å². The fourth-order valence-corrected chi connectivity index (χ4v) is 2.28. The Hall–Kier alpha value is -2.14. The predicted molar refractivity (Wildman–Crippen MR) is 74.8 cm³/mol. The molecule has 0 radical (unpaired) electrons. The summed E-state index contributed by atoms with van der Waals surface area (Å²) in [4.78, 5) is 18.1. The van der Waals surface area contributed by atoms with Gasteiger partial charge in [-0.25, -0.2) is 4.98 Å². The molecule has 1 aromatic carbocycles. The summed E-state index contributed by atoms with van der Waals surface area (Å²) < 4.78 is 11.4. The maximum atomic E-state index is 11.4. The van der Waals surface area contributed by atoms with Crippen molar-refractivity contribution in [3.8, 4) is 17.0 Å². The Kier molecular flexibility index (Phi) is 3.78. The predicted octanol–water partition coefficient (Wildman–Crippen LogP) is 1.99. The van der Waals surface area contributed by atoms with Gasteiger partial charge < -0.3 is 14.5 Å². The van der Waals surface area contributed by atoms with Crippen molar-refractivity contribution in [1.82, 2.24) is 9.97 Å². The molecular weight excluding hydrogens is 256 g/mol. The topological polar surface area (TPSA) is 64.2 Å². The van der Waals surface area contributed by atoms with E-state index >= 15 is 0 Å². The van der Waals surface area contributed by atoms with Gasteiger partial charge in [0.1, 0.15) is 12.4 Å². The highest BCUT2D eigenvalue weighted by atomic mass is 16.5. The van der Waals surface area contributed by atoms with E-state index in [1.807, 2.05) is 24.3 Å². The Bertz CT molecular complexity index is 633. The molecule has 2 heterocycles. The second-order valence-corrected chi connectivity index (χ2v) is 4.74. The van der Waals surface area contributed by atoms with Crippen molar-refractivity contribution in [1.29, 1.82) is 0 Å². The molecule has 0 spiro atoms. The van der Waals surface area contributed by atoms with Gasteiger partial charge in [0.15, 0.2) is 0 Å². The number of ether oxygens (including phenoxy) is 2. The summed E-state index contributed by atoms with van der Waals surface area (Å²) in [5.74, 6) is 0.723. The number of hydrogen-bond acceptors (Lipinski definition) is 4. The first-order chi connectivity index (χ1) is 9.83. The van der Waals surface area contributed by atoms with E-state index in [1.165, 1.54) is 12.4 Å². The summed E-state index contributed by atoms with van der Waals surface area (Å²) in [5, 5.41) is 0. The Labute approximate surface area is 116 Å². The van der Waals surface area contributed by atoms with Crippen LogP contribution in [0.1, 0.15) is 12.8 Å². The standard InChI is InChI=1S/C15H16N2O3/c18-15-8-13(16-10-17-15)12-5-1-2-6-14(12)20-9-11-4-3-7-19-11/h1-2,5-6,8,10-11H,3-4,7,9H2,(H,16,17,18). The lowest BCUT2D eigenvalue weighted by molar-refractivity contribution is 0.0681. The average Bonchev–Trinajstić information content (AvgIpc) is 2.99. The smallest absolute Gasteiger partial charge is 0.251 e. The molecule has 5 heteroatoms. The van der Waals surface area contributed by atoms with Crippen LogP contribution in [0.25, 0.3) is 11.3 Å². The van der Waals surface area contributed by atoms with Crippen molar-refractivity contribution in [2.75, 3.05) is 13.2 Å². The summed E-state index contributed by atoms with van der Waals surface area (Å²) in [6, 6.07) is 9.05. The van der Waals surface area contributed by atoms with Gasteiger partial charge >= 0.3 is 0 Å². The van der Waals surface area contributed by atoms with Crippen LogP contribution in [0.4, 0.5) is 0 Å². The lowest BCUT2D eigenvalue weighted by atomic mass is 10.1. The number of hydrogen-bond donors (Lipinski definition) is 1. The molecule has 5 nitrogen and oxygen atoms in total. The van der Waals surface area contributed by atoms with E-state index in [0.717, 1.165) is 30.8 Å². The highest BCUT2D eigenvalue weighted by Gasteiger charge is 2.17. The minimum atomic E-state index is -0.177. The Balaban J connectivity index is 1.82. The molecule has 1 fully saturated rings. The number of nitrogens with zero attached hydrogens (tertiary/aromatic N) is 1. The molecule has 1 N–H and O–H groups in total. The number of aromatic nitrogens is 2. The van der Waals surface area contributed by atoms with Crippen LogP contribution in [0.5, 0.6) is 5.75 Å². The highest BCUT2D eigenvalue weighted by molar-refractivity contribution is 5.66. The molecule has 0 amide bonds. The van der Waals surface area contributed by atoms with E-state index in [-0.39, 0.29) is 11.7 Å². The van der Waals surface area contributed by atoms with E-state index in [4.69, 9.17) is 9.47 Å². The third-order valence-corrected chi connectivity index (χ3v) is 3.29. The zero-order chi connectivity index (χ0) is 13.8. The number of H-pyrrole nitrogens is 1. The summed E-state index contributed by atoms with van der Waals surface area (Å²) >= 11 is 0. The van der Waals surface area contributed by atoms with Crippen LogP contribution in [0, 0.1) is 0 Å². The van der Waals surface area contributed by atoms with Gasteiger partial charge in [-0.05, 0) is 25.0 Å². The van der Waals surface area contributed by atoms with E-state index in [1.54, 1.807) is 0 Å². The van der Waals surface area contributed by atoms with Crippen LogP contribution < -0.4 is 10.3 Å². The number of aromatic amines is 1. The maximum Gasteiger partial charge on any atom is 0.251 e. The normalized spacial score (nSPS) is 18.1. The Morgan fingerprint density at radius 1 is 1.40 bits per heavy atom. The lowest BCUT2D eigenvalue weighted by Crippen LogP contribution is -2.16. The average molecular weight is 272 g/mol. The molecule has 1 saturated heterocycles. The van der Waals surface area contributed by atoms with Crippen molar-refractivity contribution in [2.45, 2.75) is 18.9 Å². The molecule has 0 saturated carbocycles. The molecular formula is C15H16N2O3. The molecule has 1 aliphatic rings. The summed E-state index contributed by atoms with van der Waals surface area (Å²) in [5.41, 5.74) is 1.25. The molecule has 20 heavy (non-hydrogen) atoms. The molecule has 2 aromatic rings. The van der Waals surface area contributed by atoms with Crippen LogP contribution in [0.2, 0.25) is 0 Å². The van der Waals surface area contributed by atoms with Crippen molar-refractivity contribution >= 4 is 0 Å². The van der Waals surface area contributed by atoms with Gasteiger partial charge in [-0.3, -0.25) is 4.79 Å². The molecule has 3 rings (SSSR count). The minimum absolute atomic E-state index is 0.162. The molecule has 0 bridgehead atoms. The number of benzene rings is 1. The number of para-hydroxylation sites is 1. The second-order valence-electron chi connectivity index (χ2n) is 4.74. The fraction of sp³-hybridized carbons (Fsp3) is 0.333. The molecule has 1 aromatic heterocycles. The molecule has 1 aliphatic heterocycles. The van der Waals surface area contributed by atoms with Gasteiger partial charge in [-0.1, -0.05) is 12.1 Å².